The molecule has 0 saturated carbocycles. The van der Waals surface area contributed by atoms with Crippen LogP contribution in [-0.2, 0) is 6.42 Å². The first-order valence-electron chi connectivity index (χ1n) is 6.93. The Morgan fingerprint density at radius 2 is 2.05 bits per heavy atom. The van der Waals surface area contributed by atoms with E-state index in [0.717, 1.165) is 34.6 Å². The Labute approximate surface area is 138 Å². The summed E-state index contributed by atoms with van der Waals surface area (Å²) in [4.78, 5) is 13.5. The number of rotatable bonds is 5. The first kappa shape index (κ1) is 16.2. The molecule has 2 aromatic rings. The van der Waals surface area contributed by atoms with Gasteiger partial charge < -0.3 is 5.32 Å². The lowest BCUT2D eigenvalue weighted by Gasteiger charge is -2.13. The SMILES string of the molecule is CCNc1nc(-c2ccc(Cl)cn2)nc(CC(C)C)c1Br. The maximum Gasteiger partial charge on any atom is 0.180 e. The molecule has 0 aliphatic carbocycles. The Morgan fingerprint density at radius 3 is 2.62 bits per heavy atom. The zero-order valence-electron chi connectivity index (χ0n) is 12.3. The Bertz CT molecular complexity index is 614. The minimum atomic E-state index is 0.511. The van der Waals surface area contributed by atoms with E-state index in [9.17, 15) is 0 Å². The topological polar surface area (TPSA) is 50.7 Å². The van der Waals surface area contributed by atoms with Gasteiger partial charge in [0.05, 0.1) is 15.2 Å². The third kappa shape index (κ3) is 4.14. The summed E-state index contributed by atoms with van der Waals surface area (Å²) in [6.07, 6.45) is 2.49. The second-order valence-electron chi connectivity index (χ2n) is 5.15. The summed E-state index contributed by atoms with van der Waals surface area (Å²) in [7, 11) is 0. The Balaban J connectivity index is 2.49. The Kier molecular flexibility index (Phi) is 5.53. The molecule has 0 saturated heterocycles. The van der Waals surface area contributed by atoms with Crippen molar-refractivity contribution in [2.45, 2.75) is 27.2 Å². The highest BCUT2D eigenvalue weighted by Gasteiger charge is 2.14. The summed E-state index contributed by atoms with van der Waals surface area (Å²) < 4.78 is 0.927. The molecule has 0 aliphatic heterocycles. The molecule has 0 aliphatic rings. The number of aromatic nitrogens is 3. The monoisotopic (exact) mass is 368 g/mol. The largest absolute Gasteiger partial charge is 0.369 e. The van der Waals surface area contributed by atoms with Crippen LogP contribution in [0.3, 0.4) is 0 Å². The number of anilines is 1. The Morgan fingerprint density at radius 1 is 1.29 bits per heavy atom. The molecule has 0 spiro atoms. The van der Waals surface area contributed by atoms with Crippen LogP contribution in [0.5, 0.6) is 0 Å². The van der Waals surface area contributed by atoms with E-state index in [2.05, 4.69) is 50.0 Å². The molecule has 0 unspecified atom stereocenters. The van der Waals surface area contributed by atoms with Crippen molar-refractivity contribution in [1.29, 1.82) is 0 Å². The molecular formula is C15H18BrClN4. The molecule has 0 atom stereocenters. The predicted molar refractivity (Wildman–Crippen MR) is 90.7 cm³/mol. The van der Waals surface area contributed by atoms with E-state index >= 15 is 0 Å². The van der Waals surface area contributed by atoms with Crippen LogP contribution in [-0.4, -0.2) is 21.5 Å². The van der Waals surface area contributed by atoms with Crippen molar-refractivity contribution in [3.05, 3.63) is 33.5 Å². The maximum atomic E-state index is 5.88. The molecule has 1 N–H and O–H groups in total. The average Bonchev–Trinajstić information content (AvgIpc) is 2.43. The van der Waals surface area contributed by atoms with Crippen molar-refractivity contribution in [1.82, 2.24) is 15.0 Å². The van der Waals surface area contributed by atoms with E-state index in [1.54, 1.807) is 12.3 Å². The van der Waals surface area contributed by atoms with Crippen molar-refractivity contribution >= 4 is 33.3 Å². The van der Waals surface area contributed by atoms with Crippen molar-refractivity contribution in [2.24, 2.45) is 5.92 Å². The van der Waals surface area contributed by atoms with Crippen LogP contribution >= 0.6 is 27.5 Å². The molecular weight excluding hydrogens is 352 g/mol. The molecule has 0 fully saturated rings. The molecule has 4 nitrogen and oxygen atoms in total. The van der Waals surface area contributed by atoms with Crippen LogP contribution < -0.4 is 5.32 Å². The van der Waals surface area contributed by atoms with Gasteiger partial charge >= 0.3 is 0 Å². The zero-order valence-corrected chi connectivity index (χ0v) is 14.7. The molecule has 0 aromatic carbocycles. The first-order valence-corrected chi connectivity index (χ1v) is 8.10. The van der Waals surface area contributed by atoms with Crippen LogP contribution in [0.1, 0.15) is 26.5 Å². The number of pyridine rings is 1. The van der Waals surface area contributed by atoms with Crippen LogP contribution in [0, 0.1) is 5.92 Å². The summed E-state index contributed by atoms with van der Waals surface area (Å²) in [5, 5.41) is 3.86. The normalized spacial score (nSPS) is 11.0. The van der Waals surface area contributed by atoms with Crippen LogP contribution in [0.15, 0.2) is 22.8 Å². The summed E-state index contributed by atoms with van der Waals surface area (Å²) in [6, 6.07) is 3.63. The molecule has 2 heterocycles. The number of hydrogen-bond donors (Lipinski definition) is 1. The summed E-state index contributed by atoms with van der Waals surface area (Å²) in [5.74, 6) is 1.92. The Hall–Kier alpha value is -1.20. The molecule has 2 aromatic heterocycles. The fraction of sp³-hybridized carbons (Fsp3) is 0.400. The standard InChI is InChI=1S/C15H18BrClN4/c1-4-18-15-13(16)12(7-9(2)3)20-14(21-15)11-6-5-10(17)8-19-11/h5-6,8-9H,4,7H2,1-3H3,(H,18,20,21). The number of nitrogens with one attached hydrogen (secondary N) is 1. The summed E-state index contributed by atoms with van der Waals surface area (Å²) >= 11 is 9.48. The third-order valence-corrected chi connectivity index (χ3v) is 3.88. The van der Waals surface area contributed by atoms with Crippen molar-refractivity contribution < 1.29 is 0 Å². The molecule has 0 amide bonds. The first-order chi connectivity index (χ1) is 10.0. The zero-order chi connectivity index (χ0) is 15.4. The highest BCUT2D eigenvalue weighted by Crippen LogP contribution is 2.28. The number of hydrogen-bond acceptors (Lipinski definition) is 4. The van der Waals surface area contributed by atoms with Gasteiger partial charge in [0.15, 0.2) is 5.82 Å². The molecule has 0 radical (unpaired) electrons. The summed E-state index contributed by atoms with van der Waals surface area (Å²) in [6.45, 7) is 7.17. The molecule has 0 bridgehead atoms. The van der Waals surface area contributed by atoms with E-state index in [4.69, 9.17) is 11.6 Å². The van der Waals surface area contributed by atoms with E-state index < -0.39 is 0 Å². The smallest absolute Gasteiger partial charge is 0.180 e. The van der Waals surface area contributed by atoms with Crippen LogP contribution in [0.4, 0.5) is 5.82 Å². The molecule has 112 valence electrons. The molecule has 21 heavy (non-hydrogen) atoms. The molecule has 6 heteroatoms. The van der Waals surface area contributed by atoms with Gasteiger partial charge in [-0.3, -0.25) is 4.98 Å². The summed E-state index contributed by atoms with van der Waals surface area (Å²) in [5.41, 5.74) is 1.71. The minimum Gasteiger partial charge on any atom is -0.369 e. The van der Waals surface area contributed by atoms with E-state index in [-0.39, 0.29) is 0 Å². The van der Waals surface area contributed by atoms with Crippen molar-refractivity contribution in [3.8, 4) is 11.5 Å². The maximum absolute atomic E-state index is 5.88. The lowest BCUT2D eigenvalue weighted by Crippen LogP contribution is -2.08. The van der Waals surface area contributed by atoms with Crippen LogP contribution in [0.25, 0.3) is 11.5 Å². The van der Waals surface area contributed by atoms with Gasteiger partial charge in [-0.2, -0.15) is 0 Å². The van der Waals surface area contributed by atoms with Gasteiger partial charge in [0, 0.05) is 12.7 Å². The fourth-order valence-electron chi connectivity index (χ4n) is 1.92. The van der Waals surface area contributed by atoms with Crippen molar-refractivity contribution in [2.75, 3.05) is 11.9 Å². The van der Waals surface area contributed by atoms with Gasteiger partial charge in [0.2, 0.25) is 0 Å². The third-order valence-electron chi connectivity index (χ3n) is 2.82. The number of halogens is 2. The van der Waals surface area contributed by atoms with Gasteiger partial charge in [-0.05, 0) is 47.3 Å². The highest BCUT2D eigenvalue weighted by molar-refractivity contribution is 9.10. The van der Waals surface area contributed by atoms with Gasteiger partial charge in [-0.15, -0.1) is 0 Å². The predicted octanol–water partition coefficient (Wildman–Crippen LogP) is 4.58. The van der Waals surface area contributed by atoms with Crippen molar-refractivity contribution in [3.63, 3.8) is 0 Å². The van der Waals surface area contributed by atoms with Gasteiger partial charge in [-0.1, -0.05) is 25.4 Å². The van der Waals surface area contributed by atoms with E-state index in [1.165, 1.54) is 0 Å². The second-order valence-corrected chi connectivity index (χ2v) is 6.38. The number of nitrogens with zero attached hydrogens (tertiary/aromatic N) is 3. The van der Waals surface area contributed by atoms with Gasteiger partial charge in [0.25, 0.3) is 0 Å². The highest BCUT2D eigenvalue weighted by atomic mass is 79.9. The van der Waals surface area contributed by atoms with Gasteiger partial charge in [-0.25, -0.2) is 9.97 Å². The van der Waals surface area contributed by atoms with Crippen LogP contribution in [0.2, 0.25) is 5.02 Å². The second kappa shape index (κ2) is 7.18. The van der Waals surface area contributed by atoms with E-state index in [0.29, 0.717) is 16.8 Å². The lowest BCUT2D eigenvalue weighted by molar-refractivity contribution is 0.632. The molecule has 2 rings (SSSR count). The fourth-order valence-corrected chi connectivity index (χ4v) is 2.51. The lowest BCUT2D eigenvalue weighted by atomic mass is 10.1. The van der Waals surface area contributed by atoms with E-state index in [1.807, 2.05) is 13.0 Å². The minimum absolute atomic E-state index is 0.511. The average molecular weight is 370 g/mol. The van der Waals surface area contributed by atoms with Gasteiger partial charge in [0.1, 0.15) is 11.5 Å². The quantitative estimate of drug-likeness (QED) is 0.838.